The van der Waals surface area contributed by atoms with Gasteiger partial charge < -0.3 is 18.6 Å². The average Bonchev–Trinajstić information content (AvgIpc) is 3.05. The Balaban J connectivity index is 1.68. The SMILES string of the molecule is CC(O[SiH3])OCCCCCOCC1CO1. The number of hydrogen-bond donors (Lipinski definition) is 0. The number of hydrogen-bond acceptors (Lipinski definition) is 4. The van der Waals surface area contributed by atoms with Crippen LogP contribution in [0.4, 0.5) is 0 Å². The normalized spacial score (nSPS) is 21.8. The predicted octanol–water partition coefficient (Wildman–Crippen LogP) is 0.232. The van der Waals surface area contributed by atoms with E-state index in [1.54, 1.807) is 0 Å². The molecule has 0 bridgehead atoms. The van der Waals surface area contributed by atoms with Crippen LogP contribution in [0.15, 0.2) is 0 Å². The lowest BCUT2D eigenvalue weighted by Gasteiger charge is -2.10. The van der Waals surface area contributed by atoms with E-state index in [9.17, 15) is 0 Å². The smallest absolute Gasteiger partial charge is 0.149 e. The summed E-state index contributed by atoms with van der Waals surface area (Å²) in [7, 11) is 0.741. The van der Waals surface area contributed by atoms with Crippen molar-refractivity contribution >= 4 is 10.5 Å². The highest BCUT2D eigenvalue weighted by molar-refractivity contribution is 5.98. The number of ether oxygens (including phenoxy) is 3. The van der Waals surface area contributed by atoms with E-state index in [4.69, 9.17) is 18.6 Å². The molecule has 2 unspecified atom stereocenters. The van der Waals surface area contributed by atoms with Crippen LogP contribution in [0.1, 0.15) is 26.2 Å². The lowest BCUT2D eigenvalue weighted by atomic mass is 10.2. The Morgan fingerprint density at radius 1 is 1.33 bits per heavy atom. The maximum atomic E-state index is 5.42. The van der Waals surface area contributed by atoms with Gasteiger partial charge in [-0.15, -0.1) is 0 Å². The van der Waals surface area contributed by atoms with Gasteiger partial charge in [-0.2, -0.15) is 0 Å². The third-order valence-corrected chi connectivity index (χ3v) is 2.99. The lowest BCUT2D eigenvalue weighted by molar-refractivity contribution is -0.0641. The summed E-state index contributed by atoms with van der Waals surface area (Å²) in [6.07, 6.45) is 3.70. The van der Waals surface area contributed by atoms with Gasteiger partial charge in [0.1, 0.15) is 22.9 Å². The van der Waals surface area contributed by atoms with Crippen LogP contribution in [-0.4, -0.2) is 49.3 Å². The Bertz CT molecular complexity index is 152. The van der Waals surface area contributed by atoms with Gasteiger partial charge in [-0.05, 0) is 26.2 Å². The Hall–Kier alpha value is 0.0569. The summed E-state index contributed by atoms with van der Waals surface area (Å²) in [5.41, 5.74) is 0. The van der Waals surface area contributed by atoms with Crippen LogP contribution in [-0.2, 0) is 18.6 Å². The molecule has 1 aliphatic heterocycles. The molecule has 2 atom stereocenters. The van der Waals surface area contributed by atoms with Gasteiger partial charge in [0, 0.05) is 13.2 Å². The summed E-state index contributed by atoms with van der Waals surface area (Å²) in [5.74, 6) is 0. The molecule has 0 aromatic heterocycles. The van der Waals surface area contributed by atoms with Crippen molar-refractivity contribution in [2.45, 2.75) is 38.6 Å². The maximum absolute atomic E-state index is 5.42. The number of rotatable bonds is 10. The summed E-state index contributed by atoms with van der Waals surface area (Å²) in [4.78, 5) is 0. The van der Waals surface area contributed by atoms with Crippen LogP contribution >= 0.6 is 0 Å². The minimum Gasteiger partial charge on any atom is -0.404 e. The van der Waals surface area contributed by atoms with E-state index in [1.807, 2.05) is 6.92 Å². The highest BCUT2D eigenvalue weighted by atomic mass is 28.2. The molecule has 0 spiro atoms. The van der Waals surface area contributed by atoms with Gasteiger partial charge in [-0.1, -0.05) is 0 Å². The van der Waals surface area contributed by atoms with E-state index < -0.39 is 0 Å². The van der Waals surface area contributed by atoms with Gasteiger partial charge in [-0.25, -0.2) is 0 Å². The fraction of sp³-hybridized carbons (Fsp3) is 1.00. The molecule has 1 aliphatic rings. The molecule has 0 N–H and O–H groups in total. The second-order valence-electron chi connectivity index (χ2n) is 3.77. The van der Waals surface area contributed by atoms with Gasteiger partial charge in [0.2, 0.25) is 0 Å². The third kappa shape index (κ3) is 7.93. The standard InChI is InChI=1S/C10H22O4Si/c1-9(14-15)12-6-4-2-3-5-11-7-10-8-13-10/h9-10H,2-8H2,1,15H3. The maximum Gasteiger partial charge on any atom is 0.149 e. The summed E-state index contributed by atoms with van der Waals surface area (Å²) < 4.78 is 21.0. The Labute approximate surface area is 94.8 Å². The lowest BCUT2D eigenvalue weighted by Crippen LogP contribution is -2.11. The molecule has 90 valence electrons. The van der Waals surface area contributed by atoms with E-state index in [-0.39, 0.29) is 6.29 Å². The van der Waals surface area contributed by atoms with E-state index >= 15 is 0 Å². The first-order valence-corrected chi connectivity index (χ1v) is 6.48. The van der Waals surface area contributed by atoms with Crippen molar-refractivity contribution in [2.24, 2.45) is 0 Å². The quantitative estimate of drug-likeness (QED) is 0.235. The van der Waals surface area contributed by atoms with Crippen molar-refractivity contribution in [3.05, 3.63) is 0 Å². The molecule has 0 saturated carbocycles. The van der Waals surface area contributed by atoms with E-state index in [0.717, 1.165) is 56.2 Å². The van der Waals surface area contributed by atoms with Crippen LogP contribution in [0.3, 0.4) is 0 Å². The first kappa shape index (κ1) is 13.1. The van der Waals surface area contributed by atoms with Gasteiger partial charge in [0.05, 0.1) is 13.2 Å². The highest BCUT2D eigenvalue weighted by Gasteiger charge is 2.21. The topological polar surface area (TPSA) is 40.2 Å². The zero-order valence-corrected chi connectivity index (χ0v) is 11.7. The van der Waals surface area contributed by atoms with Crippen LogP contribution in [0.2, 0.25) is 0 Å². The van der Waals surface area contributed by atoms with E-state index in [0.29, 0.717) is 6.10 Å². The molecular weight excluding hydrogens is 212 g/mol. The summed E-state index contributed by atoms with van der Waals surface area (Å²) in [6, 6.07) is 0. The Morgan fingerprint density at radius 3 is 2.73 bits per heavy atom. The van der Waals surface area contributed by atoms with Gasteiger partial charge in [0.25, 0.3) is 0 Å². The van der Waals surface area contributed by atoms with Crippen molar-refractivity contribution in [1.82, 2.24) is 0 Å². The van der Waals surface area contributed by atoms with Gasteiger partial charge >= 0.3 is 0 Å². The van der Waals surface area contributed by atoms with Crippen LogP contribution in [0.25, 0.3) is 0 Å². The molecule has 0 aromatic carbocycles. The highest BCUT2D eigenvalue weighted by Crippen LogP contribution is 2.08. The van der Waals surface area contributed by atoms with Crippen molar-refractivity contribution in [3.63, 3.8) is 0 Å². The van der Waals surface area contributed by atoms with Crippen molar-refractivity contribution in [1.29, 1.82) is 0 Å². The van der Waals surface area contributed by atoms with Gasteiger partial charge in [0.15, 0.2) is 0 Å². The van der Waals surface area contributed by atoms with Gasteiger partial charge in [-0.3, -0.25) is 0 Å². The molecule has 4 nitrogen and oxygen atoms in total. The third-order valence-electron chi connectivity index (χ3n) is 2.32. The second-order valence-corrected chi connectivity index (χ2v) is 4.24. The Morgan fingerprint density at radius 2 is 2.07 bits per heavy atom. The Kier molecular flexibility index (Phi) is 7.21. The van der Waals surface area contributed by atoms with Crippen molar-refractivity contribution < 1.29 is 18.6 Å². The molecule has 0 aromatic rings. The van der Waals surface area contributed by atoms with Crippen molar-refractivity contribution in [3.8, 4) is 0 Å². The summed E-state index contributed by atoms with van der Waals surface area (Å²) >= 11 is 0. The largest absolute Gasteiger partial charge is 0.404 e. The fourth-order valence-corrected chi connectivity index (χ4v) is 1.32. The molecule has 1 fully saturated rings. The molecule has 0 aliphatic carbocycles. The minimum atomic E-state index is -0.0278. The molecule has 0 amide bonds. The van der Waals surface area contributed by atoms with Crippen LogP contribution in [0.5, 0.6) is 0 Å². The summed E-state index contributed by atoms with van der Waals surface area (Å²) in [5, 5.41) is 0. The molecular formula is C10H22O4Si. The first-order valence-electron chi connectivity index (χ1n) is 5.66. The molecule has 0 radical (unpaired) electrons. The minimum absolute atomic E-state index is 0.0278. The molecule has 1 saturated heterocycles. The first-order chi connectivity index (χ1) is 7.33. The molecule has 1 heterocycles. The van der Waals surface area contributed by atoms with E-state index in [1.165, 1.54) is 0 Å². The monoisotopic (exact) mass is 234 g/mol. The van der Waals surface area contributed by atoms with Crippen LogP contribution < -0.4 is 0 Å². The van der Waals surface area contributed by atoms with E-state index in [2.05, 4.69) is 0 Å². The molecule has 1 rings (SSSR count). The number of epoxide rings is 1. The zero-order chi connectivity index (χ0) is 10.9. The molecule has 5 heteroatoms. The van der Waals surface area contributed by atoms with Crippen molar-refractivity contribution in [2.75, 3.05) is 26.4 Å². The average molecular weight is 234 g/mol. The fourth-order valence-electron chi connectivity index (χ4n) is 1.18. The van der Waals surface area contributed by atoms with Crippen LogP contribution in [0, 0.1) is 0 Å². The predicted molar refractivity (Wildman–Crippen MR) is 60.8 cm³/mol. The molecule has 15 heavy (non-hydrogen) atoms. The summed E-state index contributed by atoms with van der Waals surface area (Å²) in [6.45, 7) is 5.21. The second kappa shape index (κ2) is 8.24. The zero-order valence-electron chi connectivity index (χ0n) is 9.74. The number of unbranched alkanes of at least 4 members (excludes halogenated alkanes) is 2.